The van der Waals surface area contributed by atoms with Gasteiger partial charge in [-0.15, -0.1) is 0 Å². The normalized spacial score (nSPS) is 10.0. The van der Waals surface area contributed by atoms with Crippen LogP contribution in [-0.4, -0.2) is 10.7 Å². The molecule has 2 heteroatoms. The molecule has 0 radical (unpaired) electrons. The average molecular weight is 167 g/mol. The molecule has 1 rings (SSSR count). The van der Waals surface area contributed by atoms with E-state index >= 15 is 0 Å². The van der Waals surface area contributed by atoms with Crippen molar-refractivity contribution in [2.24, 2.45) is 0 Å². The van der Waals surface area contributed by atoms with Crippen LogP contribution < -0.4 is 0 Å². The number of aryl methyl sites for hydroxylation is 2. The third kappa shape index (κ3) is 2.93. The standard InChI is InChI=1S/C9H13NS/c1-8-5-9(3-2-4-11)7-10-6-8/h5-7,11H,2-4H2,1H3. The van der Waals surface area contributed by atoms with Gasteiger partial charge in [0.1, 0.15) is 0 Å². The van der Waals surface area contributed by atoms with E-state index in [9.17, 15) is 0 Å². The van der Waals surface area contributed by atoms with Gasteiger partial charge in [0.25, 0.3) is 0 Å². The largest absolute Gasteiger partial charge is 0.264 e. The quantitative estimate of drug-likeness (QED) is 0.681. The Morgan fingerprint density at radius 3 is 2.91 bits per heavy atom. The molecular formula is C9H13NS. The van der Waals surface area contributed by atoms with Gasteiger partial charge < -0.3 is 0 Å². The molecule has 0 aliphatic heterocycles. The predicted octanol–water partition coefficient (Wildman–Crippen LogP) is 2.25. The van der Waals surface area contributed by atoms with E-state index in [1.54, 1.807) is 0 Å². The first-order chi connectivity index (χ1) is 5.33. The summed E-state index contributed by atoms with van der Waals surface area (Å²) in [6.07, 6.45) is 6.03. The highest BCUT2D eigenvalue weighted by atomic mass is 32.1. The van der Waals surface area contributed by atoms with Crippen LogP contribution in [-0.2, 0) is 6.42 Å². The molecular weight excluding hydrogens is 154 g/mol. The minimum Gasteiger partial charge on any atom is -0.264 e. The Kier molecular flexibility index (Phi) is 3.43. The van der Waals surface area contributed by atoms with Crippen molar-refractivity contribution in [2.45, 2.75) is 19.8 Å². The van der Waals surface area contributed by atoms with Crippen LogP contribution in [0.4, 0.5) is 0 Å². The van der Waals surface area contributed by atoms with Crippen LogP contribution in [0.2, 0.25) is 0 Å². The molecule has 0 aliphatic carbocycles. The fourth-order valence-corrected chi connectivity index (χ4v) is 1.20. The molecule has 0 atom stereocenters. The maximum absolute atomic E-state index is 4.16. The number of aromatic nitrogens is 1. The summed E-state index contributed by atoms with van der Waals surface area (Å²) in [5.41, 5.74) is 2.56. The molecule has 0 spiro atoms. The molecule has 11 heavy (non-hydrogen) atoms. The second-order valence-electron chi connectivity index (χ2n) is 2.70. The summed E-state index contributed by atoms with van der Waals surface area (Å²) in [5.74, 6) is 0.952. The molecule has 0 unspecified atom stereocenters. The Balaban J connectivity index is 2.56. The maximum atomic E-state index is 4.16. The van der Waals surface area contributed by atoms with Gasteiger partial charge in [-0.25, -0.2) is 0 Å². The Hall–Kier alpha value is -0.500. The van der Waals surface area contributed by atoms with E-state index in [1.807, 2.05) is 12.4 Å². The summed E-state index contributed by atoms with van der Waals surface area (Å²) in [6.45, 7) is 2.07. The molecule has 1 aromatic rings. The van der Waals surface area contributed by atoms with Crippen molar-refractivity contribution < 1.29 is 0 Å². The lowest BCUT2D eigenvalue weighted by atomic mass is 10.1. The van der Waals surface area contributed by atoms with Crippen LogP contribution >= 0.6 is 12.6 Å². The van der Waals surface area contributed by atoms with Gasteiger partial charge in [0.2, 0.25) is 0 Å². The highest BCUT2D eigenvalue weighted by molar-refractivity contribution is 7.80. The fraction of sp³-hybridized carbons (Fsp3) is 0.444. The van der Waals surface area contributed by atoms with Crippen molar-refractivity contribution in [1.82, 2.24) is 4.98 Å². The highest BCUT2D eigenvalue weighted by Crippen LogP contribution is 2.04. The van der Waals surface area contributed by atoms with E-state index in [0.717, 1.165) is 18.6 Å². The summed E-state index contributed by atoms with van der Waals surface area (Å²) in [7, 11) is 0. The Labute approximate surface area is 73.3 Å². The third-order valence-electron chi connectivity index (χ3n) is 1.56. The van der Waals surface area contributed by atoms with Gasteiger partial charge in [0.15, 0.2) is 0 Å². The van der Waals surface area contributed by atoms with Crippen molar-refractivity contribution in [3.05, 3.63) is 29.6 Å². The molecule has 0 aromatic carbocycles. The molecule has 0 saturated heterocycles. The van der Waals surface area contributed by atoms with Crippen molar-refractivity contribution in [3.63, 3.8) is 0 Å². The second-order valence-corrected chi connectivity index (χ2v) is 3.14. The minimum atomic E-state index is 0.952. The van der Waals surface area contributed by atoms with Crippen LogP contribution in [0.5, 0.6) is 0 Å². The molecule has 60 valence electrons. The summed E-state index contributed by atoms with van der Waals surface area (Å²) < 4.78 is 0. The van der Waals surface area contributed by atoms with Crippen molar-refractivity contribution in [1.29, 1.82) is 0 Å². The molecule has 0 aliphatic rings. The molecule has 1 aromatic heterocycles. The zero-order valence-corrected chi connectivity index (χ0v) is 7.64. The van der Waals surface area contributed by atoms with Crippen LogP contribution in [0.1, 0.15) is 17.5 Å². The average Bonchev–Trinajstić information content (AvgIpc) is 2.01. The summed E-state index contributed by atoms with van der Waals surface area (Å²) in [4.78, 5) is 4.11. The van der Waals surface area contributed by atoms with Gasteiger partial charge in [0.05, 0.1) is 0 Å². The molecule has 0 fully saturated rings. The molecule has 0 amide bonds. The highest BCUT2D eigenvalue weighted by Gasteiger charge is 1.92. The van der Waals surface area contributed by atoms with Crippen LogP contribution in [0.15, 0.2) is 18.5 Å². The minimum absolute atomic E-state index is 0.952. The zero-order valence-electron chi connectivity index (χ0n) is 6.75. The first kappa shape index (κ1) is 8.60. The van der Waals surface area contributed by atoms with E-state index < -0.39 is 0 Å². The number of hydrogen-bond acceptors (Lipinski definition) is 2. The van der Waals surface area contributed by atoms with Gasteiger partial charge >= 0.3 is 0 Å². The molecule has 1 heterocycles. The van der Waals surface area contributed by atoms with Crippen molar-refractivity contribution >= 4 is 12.6 Å². The lowest BCUT2D eigenvalue weighted by Gasteiger charge is -1.98. The number of thiol groups is 1. The number of rotatable bonds is 3. The molecule has 0 bridgehead atoms. The van der Waals surface area contributed by atoms with Crippen LogP contribution in [0.3, 0.4) is 0 Å². The first-order valence-corrected chi connectivity index (χ1v) is 4.47. The monoisotopic (exact) mass is 167 g/mol. The summed E-state index contributed by atoms with van der Waals surface area (Å²) >= 11 is 4.16. The second kappa shape index (κ2) is 4.39. The molecule has 1 nitrogen and oxygen atoms in total. The van der Waals surface area contributed by atoms with E-state index in [2.05, 4.69) is 30.6 Å². The van der Waals surface area contributed by atoms with E-state index in [1.165, 1.54) is 11.1 Å². The number of hydrogen-bond donors (Lipinski definition) is 1. The Bertz CT molecular complexity index is 223. The van der Waals surface area contributed by atoms with Gasteiger partial charge in [-0.1, -0.05) is 6.07 Å². The van der Waals surface area contributed by atoms with Gasteiger partial charge in [-0.2, -0.15) is 12.6 Å². The predicted molar refractivity (Wildman–Crippen MR) is 51.1 cm³/mol. The fourth-order valence-electron chi connectivity index (χ4n) is 1.04. The SMILES string of the molecule is Cc1cncc(CCCS)c1. The van der Waals surface area contributed by atoms with Crippen LogP contribution in [0, 0.1) is 6.92 Å². The smallest absolute Gasteiger partial charge is 0.0300 e. The topological polar surface area (TPSA) is 12.9 Å². The van der Waals surface area contributed by atoms with Gasteiger partial charge in [-0.05, 0) is 36.6 Å². The Morgan fingerprint density at radius 1 is 1.45 bits per heavy atom. The Morgan fingerprint density at radius 2 is 2.27 bits per heavy atom. The lowest BCUT2D eigenvalue weighted by Crippen LogP contribution is -1.88. The summed E-state index contributed by atoms with van der Waals surface area (Å²) in [5, 5.41) is 0. The van der Waals surface area contributed by atoms with E-state index in [0.29, 0.717) is 0 Å². The first-order valence-electron chi connectivity index (χ1n) is 3.84. The molecule has 0 N–H and O–H groups in total. The number of pyridine rings is 1. The summed E-state index contributed by atoms with van der Waals surface area (Å²) in [6, 6.07) is 2.18. The zero-order chi connectivity index (χ0) is 8.10. The molecule has 0 saturated carbocycles. The van der Waals surface area contributed by atoms with Crippen LogP contribution in [0.25, 0.3) is 0 Å². The lowest BCUT2D eigenvalue weighted by molar-refractivity contribution is 0.924. The maximum Gasteiger partial charge on any atom is 0.0300 e. The van der Waals surface area contributed by atoms with Gasteiger partial charge in [0, 0.05) is 12.4 Å². The van der Waals surface area contributed by atoms with E-state index in [4.69, 9.17) is 0 Å². The van der Waals surface area contributed by atoms with Gasteiger partial charge in [-0.3, -0.25) is 4.98 Å². The van der Waals surface area contributed by atoms with E-state index in [-0.39, 0.29) is 0 Å². The third-order valence-corrected chi connectivity index (χ3v) is 1.87. The number of nitrogens with zero attached hydrogens (tertiary/aromatic N) is 1. The van der Waals surface area contributed by atoms with Crippen molar-refractivity contribution in [3.8, 4) is 0 Å². The van der Waals surface area contributed by atoms with Crippen molar-refractivity contribution in [2.75, 3.05) is 5.75 Å².